The van der Waals surface area contributed by atoms with Crippen LogP contribution in [0.15, 0.2) is 57.5 Å². The number of aliphatic hydroxyl groups excluding tert-OH is 1. The maximum atomic E-state index is 13.6. The van der Waals surface area contributed by atoms with E-state index in [1.165, 1.54) is 0 Å². The van der Waals surface area contributed by atoms with E-state index < -0.39 is 15.8 Å². The molecular weight excluding hydrogens is 452 g/mol. The first kappa shape index (κ1) is 24.6. The van der Waals surface area contributed by atoms with Gasteiger partial charge in [0.15, 0.2) is 0 Å². The molecule has 2 N–H and O–H groups in total. The van der Waals surface area contributed by atoms with Crippen LogP contribution in [0.4, 0.5) is 0 Å². The molecule has 1 aliphatic carbocycles. The van der Waals surface area contributed by atoms with Crippen LogP contribution >= 0.6 is 0 Å². The van der Waals surface area contributed by atoms with Gasteiger partial charge in [-0.05, 0) is 48.1 Å². The van der Waals surface area contributed by atoms with Crippen molar-refractivity contribution in [1.82, 2.24) is 4.90 Å². The fraction of sp³-hybridized carbons (Fsp3) is 0.423. The zero-order valence-corrected chi connectivity index (χ0v) is 21.1. The molecule has 0 bridgehead atoms. The van der Waals surface area contributed by atoms with Gasteiger partial charge in [-0.25, -0.2) is 0 Å². The Morgan fingerprint density at radius 1 is 1.18 bits per heavy atom. The van der Waals surface area contributed by atoms with Crippen molar-refractivity contribution in [2.45, 2.75) is 50.7 Å². The Morgan fingerprint density at radius 2 is 1.88 bits per heavy atom. The van der Waals surface area contributed by atoms with Crippen LogP contribution in [0.2, 0.25) is 0 Å². The lowest BCUT2D eigenvalue weighted by Crippen LogP contribution is -2.50. The summed E-state index contributed by atoms with van der Waals surface area (Å²) >= 11 is 0. The van der Waals surface area contributed by atoms with E-state index in [0.29, 0.717) is 28.9 Å². The number of aryl methyl sites for hydroxylation is 1. The monoisotopic (exact) mass is 484 g/mol. The Kier molecular flexibility index (Phi) is 6.23. The molecule has 0 radical (unpaired) electrons. The summed E-state index contributed by atoms with van der Waals surface area (Å²) in [7, 11) is -4.07. The minimum absolute atomic E-state index is 0.113. The number of ether oxygens (including phenoxy) is 1. The number of β-amino-alcohol motifs (C(OH)–C–C–N with tert-alkyl or cyclic N) is 1. The molecule has 0 spiro atoms. The van der Waals surface area contributed by atoms with E-state index in [4.69, 9.17) is 4.74 Å². The summed E-state index contributed by atoms with van der Waals surface area (Å²) in [6.07, 6.45) is 1.56. The highest BCUT2D eigenvalue weighted by Crippen LogP contribution is 2.41. The van der Waals surface area contributed by atoms with Crippen LogP contribution in [0.25, 0.3) is 0 Å². The summed E-state index contributed by atoms with van der Waals surface area (Å²) in [6, 6.07) is 10.7. The molecule has 2 aromatic carbocycles. The summed E-state index contributed by atoms with van der Waals surface area (Å²) in [6.45, 7) is 10.7. The van der Waals surface area contributed by atoms with Crippen LogP contribution in [0.5, 0.6) is 0 Å². The number of hydrogen-bond acceptors (Lipinski definition) is 6. The topological polar surface area (TPSA) is 99.4 Å². The number of rotatable bonds is 4. The second kappa shape index (κ2) is 8.61. The zero-order valence-electron chi connectivity index (χ0n) is 20.3. The maximum absolute atomic E-state index is 13.6. The summed E-state index contributed by atoms with van der Waals surface area (Å²) in [5.74, 6) is -1.73. The fourth-order valence-corrected chi connectivity index (χ4v) is 5.79. The van der Waals surface area contributed by atoms with Gasteiger partial charge in [0.2, 0.25) is 5.79 Å². The normalized spacial score (nSPS) is 21.8. The van der Waals surface area contributed by atoms with Crippen molar-refractivity contribution in [2.24, 2.45) is 4.40 Å². The van der Waals surface area contributed by atoms with Crippen molar-refractivity contribution in [3.8, 4) is 0 Å². The average molecular weight is 485 g/mol. The SMILES string of the molecule is Cc1cc(C(C)(C)C)cc(S(=O)(=O)/N=C2/C=C3N(CCO)CCOC3(O)c3ccccc32)c1C. The van der Waals surface area contributed by atoms with Gasteiger partial charge in [0.25, 0.3) is 10.0 Å². The van der Waals surface area contributed by atoms with Gasteiger partial charge >= 0.3 is 0 Å². The van der Waals surface area contributed by atoms with Crippen molar-refractivity contribution in [3.63, 3.8) is 0 Å². The van der Waals surface area contributed by atoms with E-state index in [-0.39, 0.29) is 35.8 Å². The van der Waals surface area contributed by atoms with Gasteiger partial charge < -0.3 is 19.8 Å². The van der Waals surface area contributed by atoms with Crippen LogP contribution in [0.3, 0.4) is 0 Å². The van der Waals surface area contributed by atoms with Crippen molar-refractivity contribution >= 4 is 15.7 Å². The molecule has 1 fully saturated rings. The number of fused-ring (bicyclic) bond motifs is 3. The lowest BCUT2D eigenvalue weighted by atomic mass is 9.85. The van der Waals surface area contributed by atoms with Crippen LogP contribution in [0.1, 0.15) is 48.6 Å². The maximum Gasteiger partial charge on any atom is 0.283 e. The Bertz CT molecular complexity index is 1290. The lowest BCUT2D eigenvalue weighted by molar-refractivity contribution is -0.219. The van der Waals surface area contributed by atoms with Crippen LogP contribution in [-0.4, -0.2) is 55.5 Å². The van der Waals surface area contributed by atoms with Gasteiger partial charge in [-0.15, -0.1) is 0 Å². The second-order valence-electron chi connectivity index (χ2n) is 9.90. The standard InChI is InChI=1S/C26H32N2O5S/c1-17-14-19(25(3,4)5)15-23(18(17)2)34(31,32)27-22-16-24-26(30,21-9-7-6-8-20(21)22)33-13-11-28(24)10-12-29/h6-9,14-16,29-30H,10-13H2,1-5H3/b27-22-. The molecule has 34 heavy (non-hydrogen) atoms. The molecule has 1 saturated heterocycles. The third-order valence-electron chi connectivity index (χ3n) is 6.55. The van der Waals surface area contributed by atoms with Crippen molar-refractivity contribution < 1.29 is 23.4 Å². The minimum Gasteiger partial charge on any atom is -0.395 e. The Hall–Kier alpha value is -2.52. The first-order valence-electron chi connectivity index (χ1n) is 11.4. The molecular formula is C26H32N2O5S. The van der Waals surface area contributed by atoms with Crippen molar-refractivity contribution in [3.05, 3.63) is 76.0 Å². The predicted molar refractivity (Wildman–Crippen MR) is 131 cm³/mol. The predicted octanol–water partition coefficient (Wildman–Crippen LogP) is 3.15. The smallest absolute Gasteiger partial charge is 0.283 e. The number of aliphatic hydroxyl groups is 2. The number of allylic oxidation sites excluding steroid dienone is 1. The quantitative estimate of drug-likeness (QED) is 0.692. The highest BCUT2D eigenvalue weighted by atomic mass is 32.2. The van der Waals surface area contributed by atoms with Gasteiger partial charge in [0, 0.05) is 24.2 Å². The molecule has 4 rings (SSSR count). The van der Waals surface area contributed by atoms with Crippen LogP contribution in [-0.2, 0) is 26.0 Å². The minimum atomic E-state index is -4.07. The van der Waals surface area contributed by atoms with E-state index in [0.717, 1.165) is 11.1 Å². The zero-order chi connectivity index (χ0) is 24.9. The van der Waals surface area contributed by atoms with Gasteiger partial charge in [0.1, 0.15) is 0 Å². The Balaban J connectivity index is 1.92. The van der Waals surface area contributed by atoms with Crippen LogP contribution in [0, 0.1) is 13.8 Å². The largest absolute Gasteiger partial charge is 0.395 e. The average Bonchev–Trinajstić information content (AvgIpc) is 2.76. The number of benzene rings is 2. The molecule has 182 valence electrons. The summed E-state index contributed by atoms with van der Waals surface area (Å²) in [5, 5.41) is 21.0. The fourth-order valence-electron chi connectivity index (χ4n) is 4.46. The highest BCUT2D eigenvalue weighted by Gasteiger charge is 2.46. The molecule has 0 aromatic heterocycles. The molecule has 7 nitrogen and oxygen atoms in total. The summed E-state index contributed by atoms with van der Waals surface area (Å²) in [4.78, 5) is 1.98. The molecule has 0 saturated carbocycles. The van der Waals surface area contributed by atoms with E-state index >= 15 is 0 Å². The van der Waals surface area contributed by atoms with E-state index in [1.807, 2.05) is 33.8 Å². The Labute approximate surface area is 201 Å². The number of nitrogens with zero attached hydrogens (tertiary/aromatic N) is 2. The third-order valence-corrected chi connectivity index (χ3v) is 7.97. The number of morpholine rings is 1. The number of sulfonamides is 1. The summed E-state index contributed by atoms with van der Waals surface area (Å²) in [5.41, 5.74) is 3.76. The lowest BCUT2D eigenvalue weighted by Gasteiger charge is -2.45. The molecule has 1 heterocycles. The molecule has 2 aromatic rings. The van der Waals surface area contributed by atoms with Crippen molar-refractivity contribution in [1.29, 1.82) is 0 Å². The van der Waals surface area contributed by atoms with Gasteiger partial charge in [0.05, 0.1) is 29.5 Å². The van der Waals surface area contributed by atoms with Gasteiger partial charge in [-0.2, -0.15) is 12.8 Å². The second-order valence-corrected chi connectivity index (χ2v) is 11.5. The highest BCUT2D eigenvalue weighted by molar-refractivity contribution is 7.90. The molecule has 2 aliphatic rings. The first-order chi connectivity index (χ1) is 15.9. The van der Waals surface area contributed by atoms with Gasteiger partial charge in [-0.1, -0.05) is 51.1 Å². The number of hydrogen-bond donors (Lipinski definition) is 2. The van der Waals surface area contributed by atoms with Crippen LogP contribution < -0.4 is 0 Å². The van der Waals surface area contributed by atoms with Gasteiger partial charge in [-0.3, -0.25) is 0 Å². The molecule has 8 heteroatoms. The van der Waals surface area contributed by atoms with E-state index in [9.17, 15) is 18.6 Å². The molecule has 1 unspecified atom stereocenters. The molecule has 0 amide bonds. The summed E-state index contributed by atoms with van der Waals surface area (Å²) < 4.78 is 37.4. The Morgan fingerprint density at radius 3 is 2.56 bits per heavy atom. The van der Waals surface area contributed by atoms with E-state index in [2.05, 4.69) is 4.40 Å². The molecule has 1 atom stereocenters. The first-order valence-corrected chi connectivity index (χ1v) is 12.8. The van der Waals surface area contributed by atoms with Crippen molar-refractivity contribution in [2.75, 3.05) is 26.3 Å². The molecule has 1 aliphatic heterocycles. The third kappa shape index (κ3) is 4.20. The van der Waals surface area contributed by atoms with E-state index in [1.54, 1.807) is 48.2 Å².